The molecule has 1 amide bonds. The molecule has 4 rings (SSSR count). The number of rotatable bonds is 5. The summed E-state index contributed by atoms with van der Waals surface area (Å²) in [6, 6.07) is 0.803. The topological polar surface area (TPSA) is 92.4 Å². The standard InChI is InChI=1S/C22H24F5N5O2S/c23-21(24)4-1-15(33)9-31(12-21)8-14(28)7-18(34)32-5-2-16-17(10-32)29-20(13-3-6-35-11-13)30-19(16)22(25,26)27/h3,6,11,14H,1-2,4-5,7-10,12,28H2/t14-/m0/s1. The van der Waals surface area contributed by atoms with E-state index in [-0.39, 0.29) is 68.3 Å². The number of nitrogens with two attached hydrogens (primary N) is 1. The molecule has 1 fully saturated rings. The van der Waals surface area contributed by atoms with Gasteiger partial charge in [-0.15, -0.1) is 0 Å². The third kappa shape index (κ3) is 6.19. The highest BCUT2D eigenvalue weighted by Gasteiger charge is 2.40. The van der Waals surface area contributed by atoms with Crippen LogP contribution in [0, 0.1) is 0 Å². The first-order valence-electron chi connectivity index (χ1n) is 11.1. The molecule has 0 aliphatic carbocycles. The average Bonchev–Trinajstić information content (AvgIpc) is 3.26. The molecule has 35 heavy (non-hydrogen) atoms. The molecule has 0 saturated carbocycles. The number of thiophene rings is 1. The Morgan fingerprint density at radius 2 is 2.00 bits per heavy atom. The minimum absolute atomic E-state index is 0.0308. The molecular formula is C22H24F5N5O2S. The lowest BCUT2D eigenvalue weighted by Crippen LogP contribution is -2.46. The summed E-state index contributed by atoms with van der Waals surface area (Å²) in [4.78, 5) is 35.3. The summed E-state index contributed by atoms with van der Waals surface area (Å²) < 4.78 is 68.8. The number of hydrogen-bond acceptors (Lipinski definition) is 7. The van der Waals surface area contributed by atoms with Gasteiger partial charge in [-0.3, -0.25) is 14.5 Å². The zero-order chi connectivity index (χ0) is 25.4. The molecule has 2 aliphatic rings. The first-order valence-corrected chi connectivity index (χ1v) is 12.0. The second kappa shape index (κ2) is 9.86. The van der Waals surface area contributed by atoms with Gasteiger partial charge in [-0.1, -0.05) is 0 Å². The van der Waals surface area contributed by atoms with Crippen LogP contribution in [-0.2, 0) is 28.7 Å². The number of amides is 1. The summed E-state index contributed by atoms with van der Waals surface area (Å²) in [6.07, 6.45) is -5.65. The van der Waals surface area contributed by atoms with E-state index >= 15 is 0 Å². The largest absolute Gasteiger partial charge is 0.433 e. The molecule has 1 atom stereocenters. The van der Waals surface area contributed by atoms with Crippen molar-refractivity contribution in [2.45, 2.75) is 50.4 Å². The van der Waals surface area contributed by atoms with Crippen molar-refractivity contribution >= 4 is 23.0 Å². The summed E-state index contributed by atoms with van der Waals surface area (Å²) in [5, 5.41) is 3.35. The Labute approximate surface area is 202 Å². The van der Waals surface area contributed by atoms with Crippen molar-refractivity contribution in [3.63, 3.8) is 0 Å². The first kappa shape index (κ1) is 25.6. The van der Waals surface area contributed by atoms with Crippen LogP contribution in [0.5, 0.6) is 0 Å². The van der Waals surface area contributed by atoms with Crippen LogP contribution >= 0.6 is 11.3 Å². The van der Waals surface area contributed by atoms with E-state index in [1.54, 1.807) is 16.8 Å². The van der Waals surface area contributed by atoms with Crippen LogP contribution in [0.1, 0.15) is 36.2 Å². The maximum absolute atomic E-state index is 13.9. The van der Waals surface area contributed by atoms with Crippen LogP contribution in [0.25, 0.3) is 11.4 Å². The van der Waals surface area contributed by atoms with Crippen molar-refractivity contribution in [1.29, 1.82) is 0 Å². The van der Waals surface area contributed by atoms with Gasteiger partial charge in [-0.05, 0) is 17.9 Å². The maximum atomic E-state index is 13.9. The zero-order valence-electron chi connectivity index (χ0n) is 18.7. The van der Waals surface area contributed by atoms with Crippen molar-refractivity contribution < 1.29 is 31.5 Å². The molecule has 2 aliphatic heterocycles. The molecule has 1 saturated heterocycles. The van der Waals surface area contributed by atoms with E-state index in [1.807, 2.05) is 0 Å². The van der Waals surface area contributed by atoms with Crippen molar-refractivity contribution in [3.05, 3.63) is 33.8 Å². The number of aromatic nitrogens is 2. The minimum Gasteiger partial charge on any atom is -0.336 e. The second-order valence-corrected chi connectivity index (χ2v) is 9.70. The number of Topliss-reactive ketones (excluding diaryl/α,β-unsaturated/α-hetero) is 1. The van der Waals surface area contributed by atoms with Gasteiger partial charge in [-0.25, -0.2) is 18.7 Å². The smallest absolute Gasteiger partial charge is 0.336 e. The number of alkyl halides is 5. The van der Waals surface area contributed by atoms with Crippen molar-refractivity contribution in [3.8, 4) is 11.4 Å². The van der Waals surface area contributed by atoms with E-state index in [1.165, 1.54) is 21.1 Å². The summed E-state index contributed by atoms with van der Waals surface area (Å²) in [6.45, 7) is -0.940. The van der Waals surface area contributed by atoms with Crippen LogP contribution in [0.2, 0.25) is 0 Å². The highest BCUT2D eigenvalue weighted by atomic mass is 32.1. The average molecular weight is 518 g/mol. The van der Waals surface area contributed by atoms with Gasteiger partial charge in [0.15, 0.2) is 11.5 Å². The summed E-state index contributed by atoms with van der Waals surface area (Å²) in [5.74, 6) is -3.80. The van der Waals surface area contributed by atoms with Gasteiger partial charge in [0.2, 0.25) is 5.91 Å². The maximum Gasteiger partial charge on any atom is 0.433 e. The Kier molecular flexibility index (Phi) is 7.21. The Morgan fingerprint density at radius 3 is 2.69 bits per heavy atom. The molecule has 2 aromatic heterocycles. The van der Waals surface area contributed by atoms with E-state index < -0.39 is 42.7 Å². The van der Waals surface area contributed by atoms with Gasteiger partial charge in [0.05, 0.1) is 25.3 Å². The molecule has 7 nitrogen and oxygen atoms in total. The van der Waals surface area contributed by atoms with Crippen LogP contribution in [0.15, 0.2) is 16.8 Å². The summed E-state index contributed by atoms with van der Waals surface area (Å²) in [7, 11) is 0. The molecule has 4 heterocycles. The molecule has 2 N–H and O–H groups in total. The quantitative estimate of drug-likeness (QED) is 0.613. The third-order valence-corrected chi connectivity index (χ3v) is 6.70. The first-order chi connectivity index (χ1) is 16.4. The molecule has 0 spiro atoms. The van der Waals surface area contributed by atoms with Crippen molar-refractivity contribution in [2.24, 2.45) is 5.73 Å². The van der Waals surface area contributed by atoms with Crippen molar-refractivity contribution in [1.82, 2.24) is 19.8 Å². The number of carbonyl (C=O) groups excluding carboxylic acids is 2. The van der Waals surface area contributed by atoms with E-state index in [0.29, 0.717) is 5.56 Å². The van der Waals surface area contributed by atoms with E-state index in [0.717, 1.165) is 0 Å². The molecule has 2 aromatic rings. The molecule has 0 radical (unpaired) electrons. The lowest BCUT2D eigenvalue weighted by Gasteiger charge is -2.31. The Morgan fingerprint density at radius 1 is 1.23 bits per heavy atom. The van der Waals surface area contributed by atoms with Gasteiger partial charge in [0, 0.05) is 54.9 Å². The van der Waals surface area contributed by atoms with E-state index in [9.17, 15) is 31.5 Å². The number of nitrogens with zero attached hydrogens (tertiary/aromatic N) is 4. The van der Waals surface area contributed by atoms with Gasteiger partial charge in [0.25, 0.3) is 5.92 Å². The normalized spacial score (nSPS) is 19.8. The fourth-order valence-corrected chi connectivity index (χ4v) is 5.02. The number of hydrogen-bond donors (Lipinski definition) is 1. The highest BCUT2D eigenvalue weighted by Crippen LogP contribution is 2.35. The number of fused-ring (bicyclic) bond motifs is 1. The van der Waals surface area contributed by atoms with Crippen LogP contribution < -0.4 is 5.73 Å². The van der Waals surface area contributed by atoms with Gasteiger partial charge in [-0.2, -0.15) is 24.5 Å². The third-order valence-electron chi connectivity index (χ3n) is 6.02. The molecular weight excluding hydrogens is 493 g/mol. The van der Waals surface area contributed by atoms with Crippen LogP contribution in [-0.4, -0.2) is 69.6 Å². The van der Waals surface area contributed by atoms with Crippen LogP contribution in [0.4, 0.5) is 22.0 Å². The molecule has 0 aromatic carbocycles. The van der Waals surface area contributed by atoms with Gasteiger partial charge >= 0.3 is 6.18 Å². The van der Waals surface area contributed by atoms with E-state index in [2.05, 4.69) is 9.97 Å². The number of halogens is 5. The van der Waals surface area contributed by atoms with E-state index in [4.69, 9.17) is 5.73 Å². The minimum atomic E-state index is -4.67. The fraction of sp³-hybridized carbons (Fsp3) is 0.545. The Hall–Kier alpha value is -2.51. The van der Waals surface area contributed by atoms with Crippen LogP contribution in [0.3, 0.4) is 0 Å². The fourth-order valence-electron chi connectivity index (χ4n) is 4.39. The lowest BCUT2D eigenvalue weighted by atomic mass is 10.0. The Balaban J connectivity index is 1.46. The summed E-state index contributed by atoms with van der Waals surface area (Å²) >= 11 is 1.30. The lowest BCUT2D eigenvalue weighted by molar-refractivity contribution is -0.142. The Bertz CT molecular complexity index is 1090. The molecule has 13 heteroatoms. The van der Waals surface area contributed by atoms with Gasteiger partial charge < -0.3 is 10.6 Å². The molecule has 0 bridgehead atoms. The number of ketones is 1. The molecule has 0 unspecified atom stereocenters. The highest BCUT2D eigenvalue weighted by molar-refractivity contribution is 7.08. The SMILES string of the molecule is N[C@@H](CC(=O)N1CCc2c(nc(-c3ccsc3)nc2C(F)(F)F)C1)CN1CC(=O)CCC(F)(F)C1. The molecule has 190 valence electrons. The number of carbonyl (C=O) groups is 2. The number of likely N-dealkylation sites (tertiary alicyclic amines) is 1. The monoisotopic (exact) mass is 517 g/mol. The predicted molar refractivity (Wildman–Crippen MR) is 118 cm³/mol. The zero-order valence-corrected chi connectivity index (χ0v) is 19.5. The van der Waals surface area contributed by atoms with Crippen molar-refractivity contribution in [2.75, 3.05) is 26.2 Å². The van der Waals surface area contributed by atoms with Gasteiger partial charge in [0.1, 0.15) is 5.78 Å². The predicted octanol–water partition coefficient (Wildman–Crippen LogP) is 3.13. The summed E-state index contributed by atoms with van der Waals surface area (Å²) in [5.41, 5.74) is 5.59. The second-order valence-electron chi connectivity index (χ2n) is 8.92.